The zero-order valence-electron chi connectivity index (χ0n) is 52.3. The molecule has 93 heavy (non-hydrogen) atoms. The standard InChI is InChI=1S/C53H91N13O26S/c1-22(2)12-29(43(79)61-31(16-68)45(81)58-28(51(87)88)10-8-9-11-54)59-44(80)30(13-37(56)76)60-49(85)35(21-93-20-26(23(3)72)40(77)41-39(57-25(5)74)36(75)14-53(91-7,92-41)52(89)90-6)65-48(84)33(18-70)63-46(82)32(17-69)62-47(83)34(19-71)64-50(86)38(24(4)73)66-42(78)27(55)15-67/h22,24,26-36,38-41,67-71,73,75,77H,8-21,54-55H2,1-7H3,(H2,56,76)(H,57,74)(H,58,81)(H,59,80)(H,60,85)(H,61,79)(H,62,83)(H,63,82)(H,64,86)(H,65,84)(H,66,78)(H,87,88)/t24-,26?,27+,28+,29+,30+,31+,32+,33+,34+,35+,36+,38+,39-,40?,41-,53+/m1/s1. The van der Waals surface area contributed by atoms with E-state index < -0.39 is 249 Å². The smallest absolute Gasteiger partial charge is 0.366 e. The molecule has 1 aliphatic heterocycles. The lowest BCUT2D eigenvalue weighted by Gasteiger charge is -2.46. The summed E-state index contributed by atoms with van der Waals surface area (Å²) < 4.78 is 15.9. The number of amides is 11. The van der Waals surface area contributed by atoms with Crippen LogP contribution in [0.4, 0.5) is 0 Å². The number of esters is 1. The number of Topliss-reactive ketones (excluding diaryl/α,β-unsaturated/α-hetero) is 1. The summed E-state index contributed by atoms with van der Waals surface area (Å²) in [5.41, 5.74) is 16.4. The van der Waals surface area contributed by atoms with Gasteiger partial charge in [-0.25, -0.2) is 9.59 Å². The number of nitrogens with one attached hydrogen (secondary N) is 10. The van der Waals surface area contributed by atoms with E-state index in [4.69, 9.17) is 31.4 Å². The van der Waals surface area contributed by atoms with Crippen molar-refractivity contribution in [3.05, 3.63) is 0 Å². The van der Waals surface area contributed by atoms with Crippen molar-refractivity contribution in [1.82, 2.24) is 53.2 Å². The van der Waals surface area contributed by atoms with Crippen LogP contribution in [-0.4, -0.2) is 291 Å². The Bertz CT molecular complexity index is 2580. The minimum absolute atomic E-state index is 0.0682. The molecule has 1 saturated heterocycles. The highest BCUT2D eigenvalue weighted by molar-refractivity contribution is 7.99. The molecule has 0 aromatic rings. The fourth-order valence-corrected chi connectivity index (χ4v) is 10.2. The second-order valence-corrected chi connectivity index (χ2v) is 23.0. The molecular weight excluding hydrogens is 1270 g/mol. The third-order valence-corrected chi connectivity index (χ3v) is 15.2. The van der Waals surface area contributed by atoms with Crippen molar-refractivity contribution in [3.8, 4) is 0 Å². The van der Waals surface area contributed by atoms with Crippen molar-refractivity contribution in [2.75, 3.05) is 65.3 Å². The highest BCUT2D eigenvalue weighted by Gasteiger charge is 2.56. The van der Waals surface area contributed by atoms with Crippen molar-refractivity contribution in [1.29, 1.82) is 0 Å². The number of unbranched alkanes of at least 4 members (excludes halogenated alkanes) is 1. The van der Waals surface area contributed by atoms with Crippen LogP contribution in [0.2, 0.25) is 0 Å². The first-order valence-electron chi connectivity index (χ1n) is 29.0. The zero-order chi connectivity index (χ0) is 71.2. The minimum Gasteiger partial charge on any atom is -0.480 e. The van der Waals surface area contributed by atoms with Gasteiger partial charge in [0.1, 0.15) is 72.3 Å². The van der Waals surface area contributed by atoms with E-state index in [9.17, 15) is 113 Å². The number of carboxylic acid groups (broad SMARTS) is 1. The van der Waals surface area contributed by atoms with Gasteiger partial charge in [0.2, 0.25) is 65.0 Å². The lowest BCUT2D eigenvalue weighted by atomic mass is 9.85. The normalized spacial score (nSPS) is 20.4. The monoisotopic (exact) mass is 1360 g/mol. The van der Waals surface area contributed by atoms with E-state index in [2.05, 4.69) is 31.9 Å². The van der Waals surface area contributed by atoms with Crippen molar-refractivity contribution in [2.45, 2.75) is 170 Å². The topological polar surface area (TPSA) is 647 Å². The van der Waals surface area contributed by atoms with Gasteiger partial charge in [-0.1, -0.05) is 13.8 Å². The molecule has 25 N–H and O–H groups in total. The first kappa shape index (κ1) is 83.7. The van der Waals surface area contributed by atoms with Crippen molar-refractivity contribution < 1.29 is 127 Å². The number of carbonyl (C=O) groups excluding carboxylic acids is 13. The predicted molar refractivity (Wildman–Crippen MR) is 319 cm³/mol. The highest BCUT2D eigenvalue weighted by atomic mass is 32.2. The lowest BCUT2D eigenvalue weighted by molar-refractivity contribution is -0.301. The summed E-state index contributed by atoms with van der Waals surface area (Å²) in [5.74, 6) is -22.8. The molecular formula is C53H91N13O26S. The van der Waals surface area contributed by atoms with E-state index in [0.717, 1.165) is 35.0 Å². The average Bonchev–Trinajstić information content (AvgIpc) is 0.777. The largest absolute Gasteiger partial charge is 0.480 e. The average molecular weight is 1360 g/mol. The molecule has 1 rings (SSSR count). The van der Waals surface area contributed by atoms with Gasteiger partial charge in [-0.2, -0.15) is 11.8 Å². The molecule has 0 saturated carbocycles. The maximum Gasteiger partial charge on any atom is 0.366 e. The molecule has 40 heteroatoms. The Kier molecular flexibility index (Phi) is 37.2. The molecule has 530 valence electrons. The summed E-state index contributed by atoms with van der Waals surface area (Å²) in [6.45, 7) is 0.756. The van der Waals surface area contributed by atoms with Gasteiger partial charge in [0.05, 0.1) is 76.8 Å². The number of hydrogen-bond donors (Lipinski definition) is 22. The maximum atomic E-state index is 14.5. The predicted octanol–water partition coefficient (Wildman–Crippen LogP) is -12.4. The number of methoxy groups -OCH3 is 2. The molecule has 1 fully saturated rings. The molecule has 0 spiro atoms. The number of nitrogens with two attached hydrogens (primary N) is 3. The molecule has 1 aliphatic rings. The van der Waals surface area contributed by atoms with Crippen molar-refractivity contribution in [3.63, 3.8) is 0 Å². The van der Waals surface area contributed by atoms with Crippen molar-refractivity contribution >= 4 is 94.5 Å². The Morgan fingerprint density at radius 2 is 1.04 bits per heavy atom. The van der Waals surface area contributed by atoms with Crippen LogP contribution >= 0.6 is 11.8 Å². The number of aliphatic carboxylic acids is 1. The van der Waals surface area contributed by atoms with Crippen LogP contribution < -0.4 is 70.4 Å². The second kappa shape index (κ2) is 41.4. The van der Waals surface area contributed by atoms with Gasteiger partial charge < -0.3 is 131 Å². The van der Waals surface area contributed by atoms with Gasteiger partial charge in [-0.3, -0.25) is 57.5 Å². The summed E-state index contributed by atoms with van der Waals surface area (Å²) >= 11 is 0.598. The molecule has 0 aromatic carbocycles. The number of carbonyl (C=O) groups is 14. The number of aliphatic hydroxyl groups is 8. The number of hydrogen-bond acceptors (Lipinski definition) is 28. The Hall–Kier alpha value is -7.35. The van der Waals surface area contributed by atoms with E-state index in [0.29, 0.717) is 18.2 Å². The van der Waals surface area contributed by atoms with E-state index in [1.165, 1.54) is 0 Å². The van der Waals surface area contributed by atoms with Crippen molar-refractivity contribution in [2.24, 2.45) is 29.0 Å². The third kappa shape index (κ3) is 26.9. The zero-order valence-corrected chi connectivity index (χ0v) is 53.1. The lowest BCUT2D eigenvalue weighted by Crippen LogP contribution is -2.67. The third-order valence-electron chi connectivity index (χ3n) is 14.1. The molecule has 0 aromatic heterocycles. The summed E-state index contributed by atoms with van der Waals surface area (Å²) in [5, 5.41) is 114. The number of rotatable bonds is 43. The number of aliphatic hydroxyl groups excluding tert-OH is 8. The number of thioether (sulfide) groups is 1. The molecule has 0 aliphatic carbocycles. The molecule has 1 heterocycles. The Balaban J connectivity index is 3.82. The molecule has 17 atom stereocenters. The summed E-state index contributed by atoms with van der Waals surface area (Å²) in [6.07, 6.45) is -8.53. The van der Waals surface area contributed by atoms with Crippen LogP contribution in [0.15, 0.2) is 0 Å². The molecule has 2 unspecified atom stereocenters. The van der Waals surface area contributed by atoms with Crippen LogP contribution in [0.1, 0.15) is 73.1 Å². The van der Waals surface area contributed by atoms with Crippen LogP contribution in [-0.2, 0) is 81.3 Å². The van der Waals surface area contributed by atoms with Crippen LogP contribution in [0.25, 0.3) is 0 Å². The highest BCUT2D eigenvalue weighted by Crippen LogP contribution is 2.35. The van der Waals surface area contributed by atoms with Gasteiger partial charge in [0.25, 0.3) is 5.79 Å². The fraction of sp³-hybridized carbons (Fsp3) is 0.736. The van der Waals surface area contributed by atoms with E-state index in [1.54, 1.807) is 13.8 Å². The Morgan fingerprint density at radius 1 is 0.602 bits per heavy atom. The van der Waals surface area contributed by atoms with Gasteiger partial charge in [0, 0.05) is 32.0 Å². The number of ketones is 1. The fourth-order valence-electron chi connectivity index (χ4n) is 8.90. The Labute approximate surface area is 537 Å². The first-order chi connectivity index (χ1) is 43.6. The number of ether oxygens (including phenoxy) is 3. The summed E-state index contributed by atoms with van der Waals surface area (Å²) in [7, 11) is 1.96. The molecule has 11 amide bonds. The Morgan fingerprint density at radius 3 is 1.45 bits per heavy atom. The van der Waals surface area contributed by atoms with Crippen LogP contribution in [0.3, 0.4) is 0 Å². The van der Waals surface area contributed by atoms with E-state index >= 15 is 0 Å². The van der Waals surface area contributed by atoms with E-state index in [1.807, 2.05) is 21.3 Å². The second-order valence-electron chi connectivity index (χ2n) is 21.9. The number of primary amides is 1. The van der Waals surface area contributed by atoms with Gasteiger partial charge >= 0.3 is 11.9 Å². The minimum atomic E-state index is -2.40. The van der Waals surface area contributed by atoms with Gasteiger partial charge in [-0.15, -0.1) is 0 Å². The summed E-state index contributed by atoms with van der Waals surface area (Å²) in [4.78, 5) is 185. The van der Waals surface area contributed by atoms with Crippen LogP contribution in [0.5, 0.6) is 0 Å². The molecule has 0 bridgehead atoms. The maximum absolute atomic E-state index is 14.5. The molecule has 39 nitrogen and oxygen atoms in total. The SMILES string of the molecule is COC(=O)[C@]1(OC)C[C@H](O)[C@@H](NC(C)=O)[C@H](C(O)C(CSC[C@H](NC(=O)[C@H](CO)NC(=O)[C@H](CO)NC(=O)[C@H](CO)NC(=O)[C@@H](NC(=O)[C@@H](N)CO)[C@@H](C)O)C(=O)N[C@@H](CC(N)=O)C(=O)N[C@@H](CC(C)C)C(=O)N[C@@H](CO)C(=O)N[C@@H](CCCCN)C(=O)O)C(C)=O)O1. The summed E-state index contributed by atoms with van der Waals surface area (Å²) in [6, 6.07) is -20.1. The van der Waals surface area contributed by atoms with Gasteiger partial charge in [0.15, 0.2) is 0 Å². The quantitative estimate of drug-likeness (QED) is 0.0199. The first-order valence-corrected chi connectivity index (χ1v) is 30.2. The van der Waals surface area contributed by atoms with Crippen LogP contribution in [0, 0.1) is 11.8 Å². The number of carboxylic acids is 1. The van der Waals surface area contributed by atoms with E-state index in [-0.39, 0.29) is 25.8 Å². The molecule has 0 radical (unpaired) electrons. The van der Waals surface area contributed by atoms with Gasteiger partial charge in [-0.05, 0) is 52.0 Å².